The number of rotatable bonds is 7. The molecule has 0 aromatic carbocycles. The van der Waals surface area contributed by atoms with Crippen molar-refractivity contribution in [3.63, 3.8) is 0 Å². The molecule has 0 spiro atoms. The van der Waals surface area contributed by atoms with Crippen molar-refractivity contribution in [1.29, 1.82) is 0 Å². The minimum atomic E-state index is -0.0140. The molecule has 0 bridgehead atoms. The second-order valence-electron chi connectivity index (χ2n) is 6.75. The summed E-state index contributed by atoms with van der Waals surface area (Å²) in [6.07, 6.45) is 8.76. The number of carbonyl (C=O) groups excluding carboxylic acids is 1. The van der Waals surface area contributed by atoms with Gasteiger partial charge in [-0.25, -0.2) is 4.79 Å². The number of pyridine rings is 1. The van der Waals surface area contributed by atoms with E-state index in [9.17, 15) is 4.79 Å². The van der Waals surface area contributed by atoms with Gasteiger partial charge >= 0.3 is 6.03 Å². The van der Waals surface area contributed by atoms with E-state index in [1.807, 2.05) is 28.8 Å². The van der Waals surface area contributed by atoms with E-state index in [4.69, 9.17) is 0 Å². The van der Waals surface area contributed by atoms with Gasteiger partial charge in [-0.2, -0.15) is 0 Å². The normalized spacial score (nSPS) is 17.6. The van der Waals surface area contributed by atoms with E-state index in [-0.39, 0.29) is 6.03 Å². The van der Waals surface area contributed by atoms with E-state index in [0.717, 1.165) is 36.1 Å². The molecule has 2 amide bonds. The summed E-state index contributed by atoms with van der Waals surface area (Å²) in [4.78, 5) is 12.0. The van der Waals surface area contributed by atoms with Gasteiger partial charge in [0.05, 0.1) is 0 Å². The predicted molar refractivity (Wildman–Crippen MR) is 87.1 cm³/mol. The van der Waals surface area contributed by atoms with E-state index in [1.54, 1.807) is 0 Å². The number of urea groups is 1. The predicted octanol–water partition coefficient (Wildman–Crippen LogP) is 2.15. The number of aromatic nitrogens is 3. The Hall–Kier alpha value is -2.11. The van der Waals surface area contributed by atoms with Crippen LogP contribution in [0.3, 0.4) is 0 Å². The maximum Gasteiger partial charge on any atom is 0.315 e. The highest BCUT2D eigenvalue weighted by Crippen LogP contribution is 2.44. The van der Waals surface area contributed by atoms with Crippen LogP contribution in [0.5, 0.6) is 0 Å². The Bertz CT molecular complexity index is 677. The van der Waals surface area contributed by atoms with Crippen molar-refractivity contribution in [2.75, 3.05) is 6.54 Å². The van der Waals surface area contributed by atoms with Crippen LogP contribution in [-0.4, -0.2) is 33.2 Å². The lowest BCUT2D eigenvalue weighted by atomic mass is 10.1. The molecule has 2 aliphatic rings. The Labute approximate surface area is 135 Å². The average Bonchev–Trinajstić information content (AvgIpc) is 3.47. The van der Waals surface area contributed by atoms with Crippen LogP contribution in [0.1, 0.15) is 37.9 Å². The van der Waals surface area contributed by atoms with Gasteiger partial charge in [0.1, 0.15) is 5.82 Å². The fourth-order valence-corrected chi connectivity index (χ4v) is 3.24. The quantitative estimate of drug-likeness (QED) is 0.769. The van der Waals surface area contributed by atoms with Crippen LogP contribution >= 0.6 is 0 Å². The number of amides is 2. The van der Waals surface area contributed by atoms with Crippen LogP contribution in [0, 0.1) is 11.8 Å². The third kappa shape index (κ3) is 3.46. The van der Waals surface area contributed by atoms with Crippen molar-refractivity contribution in [3.8, 4) is 0 Å². The topological polar surface area (TPSA) is 71.3 Å². The lowest BCUT2D eigenvalue weighted by molar-refractivity contribution is 0.233. The summed E-state index contributed by atoms with van der Waals surface area (Å²) < 4.78 is 2.00. The van der Waals surface area contributed by atoms with Gasteiger partial charge in [-0.15, -0.1) is 10.2 Å². The molecule has 122 valence electrons. The first-order valence-corrected chi connectivity index (χ1v) is 8.64. The van der Waals surface area contributed by atoms with Crippen molar-refractivity contribution in [1.82, 2.24) is 25.2 Å². The number of nitrogens with one attached hydrogen (secondary N) is 2. The van der Waals surface area contributed by atoms with E-state index >= 15 is 0 Å². The zero-order valence-corrected chi connectivity index (χ0v) is 13.2. The van der Waals surface area contributed by atoms with Gasteiger partial charge in [0, 0.05) is 25.2 Å². The van der Waals surface area contributed by atoms with Crippen LogP contribution < -0.4 is 10.6 Å². The molecule has 23 heavy (non-hydrogen) atoms. The van der Waals surface area contributed by atoms with Gasteiger partial charge in [-0.05, 0) is 56.1 Å². The summed E-state index contributed by atoms with van der Waals surface area (Å²) in [6.45, 7) is 0.662. The van der Waals surface area contributed by atoms with Crippen molar-refractivity contribution < 1.29 is 4.79 Å². The first-order valence-electron chi connectivity index (χ1n) is 8.64. The van der Waals surface area contributed by atoms with Crippen LogP contribution in [-0.2, 0) is 6.42 Å². The van der Waals surface area contributed by atoms with Crippen LogP contribution in [0.2, 0.25) is 0 Å². The summed E-state index contributed by atoms with van der Waals surface area (Å²) in [5.41, 5.74) is 0.866. The Balaban J connectivity index is 1.21. The number of fused-ring (bicyclic) bond motifs is 1. The van der Waals surface area contributed by atoms with Gasteiger partial charge in [-0.1, -0.05) is 6.07 Å². The fraction of sp³-hybridized carbons (Fsp3) is 0.588. The first-order chi connectivity index (χ1) is 11.3. The van der Waals surface area contributed by atoms with Gasteiger partial charge in [0.15, 0.2) is 5.65 Å². The zero-order chi connectivity index (χ0) is 15.6. The van der Waals surface area contributed by atoms with E-state index in [1.165, 1.54) is 25.7 Å². The second kappa shape index (κ2) is 6.18. The van der Waals surface area contributed by atoms with Gasteiger partial charge in [0.2, 0.25) is 0 Å². The molecule has 2 aromatic rings. The van der Waals surface area contributed by atoms with Gasteiger partial charge < -0.3 is 10.6 Å². The first kappa shape index (κ1) is 14.5. The molecular formula is C17H23N5O. The minimum absolute atomic E-state index is 0.0140. The number of hydrogen-bond donors (Lipinski definition) is 2. The summed E-state index contributed by atoms with van der Waals surface area (Å²) in [5, 5.41) is 14.5. The molecule has 4 rings (SSSR count). The third-order valence-corrected chi connectivity index (χ3v) is 4.80. The SMILES string of the molecule is O=C(NCCCc1nnc2ccccn12)NC(C1CC1)C1CC1. The number of carbonyl (C=O) groups is 1. The van der Waals surface area contributed by atoms with Crippen molar-refractivity contribution in [2.45, 2.75) is 44.6 Å². The fourth-order valence-electron chi connectivity index (χ4n) is 3.24. The highest BCUT2D eigenvalue weighted by atomic mass is 16.2. The Morgan fingerprint density at radius 3 is 2.74 bits per heavy atom. The van der Waals surface area contributed by atoms with E-state index < -0.39 is 0 Å². The molecule has 2 aromatic heterocycles. The van der Waals surface area contributed by atoms with Crippen LogP contribution in [0.4, 0.5) is 4.79 Å². The molecular weight excluding hydrogens is 290 g/mol. The van der Waals surface area contributed by atoms with Gasteiger partial charge in [-0.3, -0.25) is 4.40 Å². The lowest BCUT2D eigenvalue weighted by Crippen LogP contribution is -2.44. The molecule has 6 nitrogen and oxygen atoms in total. The highest BCUT2D eigenvalue weighted by Gasteiger charge is 2.42. The average molecular weight is 313 g/mol. The highest BCUT2D eigenvalue weighted by molar-refractivity contribution is 5.74. The molecule has 2 fully saturated rings. The third-order valence-electron chi connectivity index (χ3n) is 4.80. The van der Waals surface area contributed by atoms with Crippen molar-refractivity contribution >= 4 is 11.7 Å². The summed E-state index contributed by atoms with van der Waals surface area (Å²) in [6, 6.07) is 6.27. The summed E-state index contributed by atoms with van der Waals surface area (Å²) in [5.74, 6) is 2.41. The Kier molecular flexibility index (Phi) is 3.89. The summed E-state index contributed by atoms with van der Waals surface area (Å²) in [7, 11) is 0. The van der Waals surface area contributed by atoms with Gasteiger partial charge in [0.25, 0.3) is 0 Å². The largest absolute Gasteiger partial charge is 0.338 e. The number of hydrogen-bond acceptors (Lipinski definition) is 3. The monoisotopic (exact) mass is 313 g/mol. The van der Waals surface area contributed by atoms with E-state index in [0.29, 0.717) is 12.6 Å². The molecule has 2 N–H and O–H groups in total. The molecule has 6 heteroatoms. The Morgan fingerprint density at radius 2 is 2.00 bits per heavy atom. The standard InChI is InChI=1S/C17H23N5O/c23-17(19-16(12-6-7-12)13-8-9-13)18-10-3-5-15-21-20-14-4-1-2-11-22(14)15/h1-2,4,11-13,16H,3,5-10H2,(H2,18,19,23). The zero-order valence-electron chi connectivity index (χ0n) is 13.2. The lowest BCUT2D eigenvalue weighted by Gasteiger charge is -2.18. The molecule has 2 heterocycles. The molecule has 0 radical (unpaired) electrons. The Morgan fingerprint density at radius 1 is 1.22 bits per heavy atom. The van der Waals surface area contributed by atoms with Crippen molar-refractivity contribution in [2.24, 2.45) is 11.8 Å². The number of nitrogens with zero attached hydrogens (tertiary/aromatic N) is 3. The minimum Gasteiger partial charge on any atom is -0.338 e. The van der Waals surface area contributed by atoms with E-state index in [2.05, 4.69) is 20.8 Å². The maximum atomic E-state index is 12.0. The summed E-state index contributed by atoms with van der Waals surface area (Å²) >= 11 is 0. The van der Waals surface area contributed by atoms with Crippen molar-refractivity contribution in [3.05, 3.63) is 30.2 Å². The molecule has 0 unspecified atom stereocenters. The molecule has 0 atom stereocenters. The second-order valence-corrected chi connectivity index (χ2v) is 6.75. The number of aryl methyl sites for hydroxylation is 1. The molecule has 2 saturated carbocycles. The van der Waals surface area contributed by atoms with Crippen LogP contribution in [0.15, 0.2) is 24.4 Å². The van der Waals surface area contributed by atoms with Crippen LogP contribution in [0.25, 0.3) is 5.65 Å². The smallest absolute Gasteiger partial charge is 0.315 e. The molecule has 0 aliphatic heterocycles. The molecule has 0 saturated heterocycles. The molecule has 2 aliphatic carbocycles. The maximum absolute atomic E-state index is 12.0.